The molecule has 2 rings (SSSR count). The van der Waals surface area contributed by atoms with Crippen LogP contribution in [0.25, 0.3) is 11.3 Å². The molecule has 5 heteroatoms. The lowest BCUT2D eigenvalue weighted by Gasteiger charge is -2.00. The largest absolute Gasteiger partial charge is 0.368 e. The minimum Gasteiger partial charge on any atom is -0.368 e. The molecule has 0 aromatic carbocycles. The van der Waals surface area contributed by atoms with E-state index in [1.807, 2.05) is 13.1 Å². The van der Waals surface area contributed by atoms with Crippen molar-refractivity contribution in [2.45, 2.75) is 0 Å². The molecule has 0 fully saturated rings. The van der Waals surface area contributed by atoms with Gasteiger partial charge >= 0.3 is 0 Å². The Bertz CT molecular complexity index is 403. The standard InChI is InChI=1S/C8H9N5/c1-13-7(2-3-12-13)6-4-10-8(9)11-5-6/h2-5H,1H3,(H2,9,10,11). The molecule has 0 aliphatic rings. The van der Waals surface area contributed by atoms with Crippen LogP contribution in [-0.2, 0) is 7.05 Å². The summed E-state index contributed by atoms with van der Waals surface area (Å²) < 4.78 is 1.76. The number of aryl methyl sites for hydroxylation is 1. The van der Waals surface area contributed by atoms with Gasteiger partial charge in [-0.25, -0.2) is 9.97 Å². The molecule has 0 unspecified atom stereocenters. The molecule has 0 atom stereocenters. The molecule has 2 N–H and O–H groups in total. The van der Waals surface area contributed by atoms with Gasteiger partial charge < -0.3 is 5.73 Å². The number of aromatic nitrogens is 4. The van der Waals surface area contributed by atoms with Crippen molar-refractivity contribution in [2.75, 3.05) is 5.73 Å². The summed E-state index contributed by atoms with van der Waals surface area (Å²) in [6.07, 6.45) is 5.09. The highest BCUT2D eigenvalue weighted by Gasteiger charge is 2.02. The Morgan fingerprint density at radius 2 is 2.00 bits per heavy atom. The lowest BCUT2D eigenvalue weighted by atomic mass is 10.2. The number of hydrogen-bond donors (Lipinski definition) is 1. The van der Waals surface area contributed by atoms with Crippen molar-refractivity contribution in [3.8, 4) is 11.3 Å². The van der Waals surface area contributed by atoms with Crippen LogP contribution in [0.1, 0.15) is 0 Å². The Morgan fingerprint density at radius 3 is 2.54 bits per heavy atom. The van der Waals surface area contributed by atoms with Crippen molar-refractivity contribution in [3.63, 3.8) is 0 Å². The molecule has 0 aliphatic heterocycles. The predicted octanol–water partition coefficient (Wildman–Crippen LogP) is 0.459. The van der Waals surface area contributed by atoms with Gasteiger partial charge in [0.1, 0.15) is 0 Å². The van der Waals surface area contributed by atoms with E-state index in [1.165, 1.54) is 0 Å². The summed E-state index contributed by atoms with van der Waals surface area (Å²) in [6, 6.07) is 1.90. The molecule has 5 nitrogen and oxygen atoms in total. The Hall–Kier alpha value is -1.91. The van der Waals surface area contributed by atoms with Gasteiger partial charge in [0.25, 0.3) is 0 Å². The van der Waals surface area contributed by atoms with Gasteiger partial charge in [-0.2, -0.15) is 5.10 Å². The van der Waals surface area contributed by atoms with Gasteiger partial charge in [-0.1, -0.05) is 0 Å². The summed E-state index contributed by atoms with van der Waals surface area (Å²) in [5.74, 6) is 0.283. The van der Waals surface area contributed by atoms with Gasteiger partial charge in [0.05, 0.1) is 5.69 Å². The van der Waals surface area contributed by atoms with Crippen LogP contribution in [0.15, 0.2) is 24.7 Å². The number of nitrogens with two attached hydrogens (primary N) is 1. The lowest BCUT2D eigenvalue weighted by molar-refractivity contribution is 0.775. The topological polar surface area (TPSA) is 69.6 Å². The van der Waals surface area contributed by atoms with Crippen molar-refractivity contribution < 1.29 is 0 Å². The summed E-state index contributed by atoms with van der Waals surface area (Å²) in [7, 11) is 1.87. The van der Waals surface area contributed by atoms with Crippen molar-refractivity contribution in [2.24, 2.45) is 7.05 Å². The smallest absolute Gasteiger partial charge is 0.219 e. The first-order chi connectivity index (χ1) is 6.27. The Morgan fingerprint density at radius 1 is 1.31 bits per heavy atom. The highest BCUT2D eigenvalue weighted by molar-refractivity contribution is 5.57. The predicted molar refractivity (Wildman–Crippen MR) is 48.6 cm³/mol. The number of nitrogen functional groups attached to an aromatic ring is 1. The zero-order valence-corrected chi connectivity index (χ0v) is 7.18. The summed E-state index contributed by atoms with van der Waals surface area (Å²) in [5.41, 5.74) is 7.26. The van der Waals surface area contributed by atoms with Crippen LogP contribution in [0.5, 0.6) is 0 Å². The minimum absolute atomic E-state index is 0.283. The molecule has 0 bridgehead atoms. The second kappa shape index (κ2) is 2.85. The van der Waals surface area contributed by atoms with E-state index < -0.39 is 0 Å². The second-order valence-corrected chi connectivity index (χ2v) is 2.67. The molecule has 2 aromatic heterocycles. The van der Waals surface area contributed by atoms with Crippen LogP contribution in [0.2, 0.25) is 0 Å². The summed E-state index contributed by atoms with van der Waals surface area (Å²) >= 11 is 0. The molecule has 2 aromatic rings. The highest BCUT2D eigenvalue weighted by atomic mass is 15.3. The zero-order chi connectivity index (χ0) is 9.26. The quantitative estimate of drug-likeness (QED) is 0.683. The van der Waals surface area contributed by atoms with E-state index in [9.17, 15) is 0 Å². The van der Waals surface area contributed by atoms with Crippen molar-refractivity contribution in [1.82, 2.24) is 19.7 Å². The van der Waals surface area contributed by atoms with Gasteiger partial charge in [0.2, 0.25) is 5.95 Å². The van der Waals surface area contributed by atoms with E-state index in [2.05, 4.69) is 15.1 Å². The van der Waals surface area contributed by atoms with E-state index in [-0.39, 0.29) is 5.95 Å². The lowest BCUT2D eigenvalue weighted by Crippen LogP contribution is -1.97. The third-order valence-electron chi connectivity index (χ3n) is 1.79. The van der Waals surface area contributed by atoms with Gasteiger partial charge in [-0.15, -0.1) is 0 Å². The molecular weight excluding hydrogens is 166 g/mol. The van der Waals surface area contributed by atoms with E-state index in [0.717, 1.165) is 11.3 Å². The monoisotopic (exact) mass is 175 g/mol. The van der Waals surface area contributed by atoms with Crippen molar-refractivity contribution in [3.05, 3.63) is 24.7 Å². The van der Waals surface area contributed by atoms with Gasteiger partial charge in [-0.3, -0.25) is 4.68 Å². The molecule has 66 valence electrons. The number of nitrogens with zero attached hydrogens (tertiary/aromatic N) is 4. The van der Waals surface area contributed by atoms with Gasteiger partial charge in [0.15, 0.2) is 0 Å². The number of hydrogen-bond acceptors (Lipinski definition) is 4. The molecule has 0 spiro atoms. The third kappa shape index (κ3) is 1.35. The van der Waals surface area contributed by atoms with E-state index in [1.54, 1.807) is 23.3 Å². The van der Waals surface area contributed by atoms with Crippen molar-refractivity contribution >= 4 is 5.95 Å². The maximum Gasteiger partial charge on any atom is 0.219 e. The van der Waals surface area contributed by atoms with Crippen LogP contribution < -0.4 is 5.73 Å². The Labute approximate surface area is 75.2 Å². The molecule has 0 saturated carbocycles. The van der Waals surface area contributed by atoms with E-state index in [0.29, 0.717) is 0 Å². The summed E-state index contributed by atoms with van der Waals surface area (Å²) in [6.45, 7) is 0. The van der Waals surface area contributed by atoms with Crippen LogP contribution in [0.3, 0.4) is 0 Å². The van der Waals surface area contributed by atoms with Crippen LogP contribution in [-0.4, -0.2) is 19.7 Å². The van der Waals surface area contributed by atoms with E-state index >= 15 is 0 Å². The molecule has 0 aliphatic carbocycles. The first-order valence-corrected chi connectivity index (χ1v) is 3.83. The average Bonchev–Trinajstić information content (AvgIpc) is 2.53. The molecule has 0 amide bonds. The first-order valence-electron chi connectivity index (χ1n) is 3.83. The van der Waals surface area contributed by atoms with Crippen LogP contribution >= 0.6 is 0 Å². The molecule has 0 radical (unpaired) electrons. The fourth-order valence-corrected chi connectivity index (χ4v) is 1.13. The van der Waals surface area contributed by atoms with Gasteiger partial charge in [0, 0.05) is 31.2 Å². The van der Waals surface area contributed by atoms with Gasteiger partial charge in [-0.05, 0) is 6.07 Å². The highest BCUT2D eigenvalue weighted by Crippen LogP contribution is 2.15. The molecule has 13 heavy (non-hydrogen) atoms. The molecule has 2 heterocycles. The zero-order valence-electron chi connectivity index (χ0n) is 7.18. The third-order valence-corrected chi connectivity index (χ3v) is 1.79. The van der Waals surface area contributed by atoms with Crippen molar-refractivity contribution in [1.29, 1.82) is 0 Å². The Balaban J connectivity index is 2.47. The van der Waals surface area contributed by atoms with E-state index in [4.69, 9.17) is 5.73 Å². The minimum atomic E-state index is 0.283. The Kier molecular flexibility index (Phi) is 1.70. The second-order valence-electron chi connectivity index (χ2n) is 2.67. The fraction of sp³-hybridized carbons (Fsp3) is 0.125. The molecule has 0 saturated heterocycles. The van der Waals surface area contributed by atoms with Crippen LogP contribution in [0.4, 0.5) is 5.95 Å². The number of rotatable bonds is 1. The average molecular weight is 175 g/mol. The SMILES string of the molecule is Cn1nccc1-c1cnc(N)nc1. The maximum atomic E-state index is 5.37. The molecular formula is C8H9N5. The summed E-state index contributed by atoms with van der Waals surface area (Å²) in [5, 5.41) is 4.05. The summed E-state index contributed by atoms with van der Waals surface area (Å²) in [4.78, 5) is 7.80. The number of anilines is 1. The fourth-order valence-electron chi connectivity index (χ4n) is 1.13. The first kappa shape index (κ1) is 7.72. The van der Waals surface area contributed by atoms with Crippen LogP contribution in [0, 0.1) is 0 Å². The normalized spacial score (nSPS) is 10.2. The maximum absolute atomic E-state index is 5.37.